The minimum atomic E-state index is -0.281. The molecule has 0 heterocycles. The number of ether oxygens (including phenoxy) is 1. The number of hydrogen-bond acceptors (Lipinski definition) is 2. The SMILES string of the molecule is C=COc1ccccc1C(C)CC(C)C(CCC)=Nc1cc(F)c(Br)cc1C. The van der Waals surface area contributed by atoms with Crippen molar-refractivity contribution < 1.29 is 9.13 Å². The molecule has 2 nitrogen and oxygen atoms in total. The summed E-state index contributed by atoms with van der Waals surface area (Å²) in [6, 6.07) is 11.4. The predicted molar refractivity (Wildman–Crippen MR) is 120 cm³/mol. The molecule has 2 aromatic rings. The molecule has 2 rings (SSSR count). The van der Waals surface area contributed by atoms with E-state index in [4.69, 9.17) is 9.73 Å². The van der Waals surface area contributed by atoms with Crippen molar-refractivity contribution in [2.24, 2.45) is 10.9 Å². The van der Waals surface area contributed by atoms with Crippen LogP contribution in [0.2, 0.25) is 0 Å². The van der Waals surface area contributed by atoms with Gasteiger partial charge >= 0.3 is 0 Å². The summed E-state index contributed by atoms with van der Waals surface area (Å²) in [4.78, 5) is 4.86. The zero-order chi connectivity index (χ0) is 20.7. The van der Waals surface area contributed by atoms with Gasteiger partial charge in [-0.15, -0.1) is 0 Å². The average molecular weight is 446 g/mol. The van der Waals surface area contributed by atoms with Crippen molar-refractivity contribution in [3.05, 3.63) is 70.7 Å². The van der Waals surface area contributed by atoms with Gasteiger partial charge in [-0.1, -0.05) is 52.0 Å². The maximum atomic E-state index is 14.0. The van der Waals surface area contributed by atoms with Gasteiger partial charge in [-0.3, -0.25) is 4.99 Å². The molecule has 0 aliphatic carbocycles. The maximum absolute atomic E-state index is 14.0. The molecule has 4 heteroatoms. The highest BCUT2D eigenvalue weighted by Crippen LogP contribution is 2.33. The molecule has 0 radical (unpaired) electrons. The van der Waals surface area contributed by atoms with E-state index in [1.54, 1.807) is 6.07 Å². The summed E-state index contributed by atoms with van der Waals surface area (Å²) in [5, 5.41) is 0. The van der Waals surface area contributed by atoms with E-state index in [2.05, 4.69) is 49.3 Å². The molecule has 0 saturated carbocycles. The second kappa shape index (κ2) is 10.6. The number of halogens is 2. The Morgan fingerprint density at radius 1 is 1.29 bits per heavy atom. The smallest absolute Gasteiger partial charge is 0.139 e. The number of nitrogens with zero attached hydrogens (tertiary/aromatic N) is 1. The predicted octanol–water partition coefficient (Wildman–Crippen LogP) is 8.12. The highest BCUT2D eigenvalue weighted by Gasteiger charge is 2.18. The van der Waals surface area contributed by atoms with Gasteiger partial charge in [0.15, 0.2) is 0 Å². The van der Waals surface area contributed by atoms with E-state index in [1.165, 1.54) is 12.3 Å². The van der Waals surface area contributed by atoms with Crippen LogP contribution >= 0.6 is 15.9 Å². The van der Waals surface area contributed by atoms with Gasteiger partial charge in [-0.2, -0.15) is 0 Å². The Morgan fingerprint density at radius 2 is 2.00 bits per heavy atom. The quantitative estimate of drug-likeness (QED) is 0.282. The van der Waals surface area contributed by atoms with Crippen LogP contribution in [0.1, 0.15) is 57.1 Å². The molecule has 0 aliphatic heterocycles. The van der Waals surface area contributed by atoms with Gasteiger partial charge in [0.1, 0.15) is 11.6 Å². The highest BCUT2D eigenvalue weighted by molar-refractivity contribution is 9.10. The number of benzene rings is 2. The van der Waals surface area contributed by atoms with Crippen LogP contribution in [0.15, 0.2) is 58.7 Å². The molecule has 2 unspecified atom stereocenters. The Kier molecular flexibility index (Phi) is 8.43. The number of rotatable bonds is 9. The normalized spacial score (nSPS) is 13.9. The fraction of sp³-hybridized carbons (Fsp3) is 0.375. The molecule has 0 N–H and O–H groups in total. The molecule has 0 amide bonds. The van der Waals surface area contributed by atoms with E-state index in [-0.39, 0.29) is 11.7 Å². The molecule has 150 valence electrons. The summed E-state index contributed by atoms with van der Waals surface area (Å²) < 4.78 is 20.1. The van der Waals surface area contributed by atoms with Crippen molar-refractivity contribution in [2.75, 3.05) is 0 Å². The lowest BCUT2D eigenvalue weighted by molar-refractivity contribution is 0.465. The third kappa shape index (κ3) is 5.78. The van der Waals surface area contributed by atoms with Crippen LogP contribution in [0.5, 0.6) is 5.75 Å². The number of aryl methyl sites for hydroxylation is 1. The molecule has 0 aliphatic rings. The lowest BCUT2D eigenvalue weighted by Gasteiger charge is -2.21. The van der Waals surface area contributed by atoms with Crippen LogP contribution in [-0.4, -0.2) is 5.71 Å². The Morgan fingerprint density at radius 3 is 2.68 bits per heavy atom. The molecule has 0 aromatic heterocycles. The summed E-state index contributed by atoms with van der Waals surface area (Å²) in [5.74, 6) is 1.14. The molecular formula is C24H29BrFNO. The Balaban J connectivity index is 2.27. The molecule has 28 heavy (non-hydrogen) atoms. The highest BCUT2D eigenvalue weighted by atomic mass is 79.9. The van der Waals surface area contributed by atoms with Crippen molar-refractivity contribution in [2.45, 2.75) is 52.9 Å². The van der Waals surface area contributed by atoms with Gasteiger partial charge in [-0.25, -0.2) is 4.39 Å². The van der Waals surface area contributed by atoms with Crippen LogP contribution in [-0.2, 0) is 0 Å². The fourth-order valence-corrected chi connectivity index (χ4v) is 3.92. The summed E-state index contributed by atoms with van der Waals surface area (Å²) in [6.07, 6.45) is 4.31. The van der Waals surface area contributed by atoms with Crippen molar-refractivity contribution in [3.63, 3.8) is 0 Å². The molecule has 2 atom stereocenters. The molecule has 2 aromatic carbocycles. The summed E-state index contributed by atoms with van der Waals surface area (Å²) in [5.41, 5.74) is 3.95. The van der Waals surface area contributed by atoms with Crippen LogP contribution in [0.4, 0.5) is 10.1 Å². The van der Waals surface area contributed by atoms with E-state index >= 15 is 0 Å². The Bertz CT molecular complexity index is 846. The van der Waals surface area contributed by atoms with E-state index in [9.17, 15) is 4.39 Å². The van der Waals surface area contributed by atoms with Crippen LogP contribution in [0.25, 0.3) is 0 Å². The van der Waals surface area contributed by atoms with Crippen molar-refractivity contribution >= 4 is 27.3 Å². The topological polar surface area (TPSA) is 21.6 Å². The van der Waals surface area contributed by atoms with Gasteiger partial charge in [-0.05, 0) is 70.8 Å². The van der Waals surface area contributed by atoms with Crippen LogP contribution in [0, 0.1) is 18.7 Å². The van der Waals surface area contributed by atoms with Crippen LogP contribution in [0.3, 0.4) is 0 Å². The number of aliphatic imine (C=N–C) groups is 1. The zero-order valence-electron chi connectivity index (χ0n) is 17.1. The van der Waals surface area contributed by atoms with Crippen molar-refractivity contribution in [1.29, 1.82) is 0 Å². The van der Waals surface area contributed by atoms with E-state index < -0.39 is 0 Å². The van der Waals surface area contributed by atoms with Gasteiger partial charge in [0.2, 0.25) is 0 Å². The second-order valence-corrected chi connectivity index (χ2v) is 8.12. The first-order valence-corrected chi connectivity index (χ1v) is 10.6. The van der Waals surface area contributed by atoms with Gasteiger partial charge in [0.25, 0.3) is 0 Å². The molecular weight excluding hydrogens is 417 g/mol. The van der Waals surface area contributed by atoms with Crippen molar-refractivity contribution in [1.82, 2.24) is 0 Å². The van der Waals surface area contributed by atoms with Gasteiger partial charge in [0.05, 0.1) is 16.4 Å². The lowest BCUT2D eigenvalue weighted by Crippen LogP contribution is -2.14. The molecule has 0 saturated heterocycles. The Labute approximate surface area is 176 Å². The first-order chi connectivity index (χ1) is 13.4. The van der Waals surface area contributed by atoms with Gasteiger partial charge < -0.3 is 4.74 Å². The van der Waals surface area contributed by atoms with E-state index in [1.807, 2.05) is 25.1 Å². The van der Waals surface area contributed by atoms with E-state index in [0.717, 1.165) is 41.9 Å². The maximum Gasteiger partial charge on any atom is 0.139 e. The standard InChI is InChI=1S/C24H29BrFNO/c1-6-10-22(27-23-15-21(26)20(25)14-18(23)5)17(4)13-16(3)19-11-8-9-12-24(19)28-7-2/h7-9,11-12,14-17H,2,6,10,13H2,1,3-5H3. The first-order valence-electron chi connectivity index (χ1n) is 9.76. The number of hydrogen-bond donors (Lipinski definition) is 0. The van der Waals surface area contributed by atoms with Crippen LogP contribution < -0.4 is 4.74 Å². The second-order valence-electron chi connectivity index (χ2n) is 7.27. The van der Waals surface area contributed by atoms with Crippen molar-refractivity contribution in [3.8, 4) is 5.75 Å². The molecule has 0 spiro atoms. The summed E-state index contributed by atoms with van der Waals surface area (Å²) in [6.45, 7) is 12.2. The minimum absolute atomic E-state index is 0.276. The lowest BCUT2D eigenvalue weighted by atomic mass is 9.87. The third-order valence-electron chi connectivity index (χ3n) is 4.95. The average Bonchev–Trinajstić information content (AvgIpc) is 2.66. The third-order valence-corrected chi connectivity index (χ3v) is 5.55. The molecule has 0 bridgehead atoms. The summed E-state index contributed by atoms with van der Waals surface area (Å²) >= 11 is 3.24. The van der Waals surface area contributed by atoms with Gasteiger partial charge in [0, 0.05) is 11.8 Å². The monoisotopic (exact) mass is 445 g/mol. The largest absolute Gasteiger partial charge is 0.465 e. The summed E-state index contributed by atoms with van der Waals surface area (Å²) in [7, 11) is 0. The fourth-order valence-electron chi connectivity index (χ4n) is 3.46. The number of para-hydroxylation sites is 1. The Hall–Kier alpha value is -1.94. The molecule has 0 fully saturated rings. The first kappa shape index (κ1) is 22.4. The van der Waals surface area contributed by atoms with E-state index in [0.29, 0.717) is 16.1 Å². The zero-order valence-corrected chi connectivity index (χ0v) is 18.7. The minimum Gasteiger partial charge on any atom is -0.465 e.